The van der Waals surface area contributed by atoms with Crippen molar-refractivity contribution >= 4 is 23.1 Å². The fourth-order valence-corrected chi connectivity index (χ4v) is 1.83. The summed E-state index contributed by atoms with van der Waals surface area (Å²) in [4.78, 5) is 19.7. The lowest BCUT2D eigenvalue weighted by Gasteiger charge is -2.02. The lowest BCUT2D eigenvalue weighted by Crippen LogP contribution is -1.98. The van der Waals surface area contributed by atoms with Gasteiger partial charge in [0.05, 0.1) is 32.9 Å². The monoisotopic (exact) mass is 264 g/mol. The standard InChI is InChI=1S/C9H4N4O4S/c10-4-7(5-11)18-9-2-1-6(12(14)15)3-8(9)13(16)17/h1-3,7H. The van der Waals surface area contributed by atoms with Crippen molar-refractivity contribution in [3.8, 4) is 12.1 Å². The zero-order chi connectivity index (χ0) is 13.7. The fourth-order valence-electron chi connectivity index (χ4n) is 1.07. The van der Waals surface area contributed by atoms with Crippen LogP contribution in [-0.2, 0) is 0 Å². The molecule has 0 heterocycles. The molecule has 0 N–H and O–H groups in total. The molecule has 0 saturated carbocycles. The first kappa shape index (κ1) is 13.4. The second kappa shape index (κ2) is 5.61. The highest BCUT2D eigenvalue weighted by atomic mass is 32.2. The number of nitro benzene ring substituents is 2. The Morgan fingerprint density at radius 3 is 2.22 bits per heavy atom. The molecule has 0 fully saturated rings. The van der Waals surface area contributed by atoms with Gasteiger partial charge in [-0.3, -0.25) is 20.2 Å². The van der Waals surface area contributed by atoms with Crippen LogP contribution in [0.15, 0.2) is 23.1 Å². The van der Waals surface area contributed by atoms with Gasteiger partial charge in [-0.05, 0) is 6.07 Å². The van der Waals surface area contributed by atoms with E-state index >= 15 is 0 Å². The SMILES string of the molecule is N#CC(C#N)Sc1ccc([N+](=O)[O-])cc1[N+](=O)[O-]. The molecule has 0 bridgehead atoms. The lowest BCUT2D eigenvalue weighted by atomic mass is 10.3. The molecule has 9 heteroatoms. The summed E-state index contributed by atoms with van der Waals surface area (Å²) >= 11 is 0.678. The average molecular weight is 264 g/mol. The summed E-state index contributed by atoms with van der Waals surface area (Å²) < 4.78 is 0. The van der Waals surface area contributed by atoms with Gasteiger partial charge in [0.15, 0.2) is 5.25 Å². The van der Waals surface area contributed by atoms with Gasteiger partial charge in [-0.15, -0.1) is 0 Å². The number of nitro groups is 2. The van der Waals surface area contributed by atoms with Gasteiger partial charge in [0, 0.05) is 6.07 Å². The minimum atomic E-state index is -1.11. The molecule has 0 aliphatic heterocycles. The Morgan fingerprint density at radius 1 is 1.17 bits per heavy atom. The van der Waals surface area contributed by atoms with Crippen LogP contribution in [0.2, 0.25) is 0 Å². The Hall–Kier alpha value is -2.65. The minimum Gasteiger partial charge on any atom is -0.258 e. The summed E-state index contributed by atoms with van der Waals surface area (Å²) in [5, 5.41) is 37.3. The number of benzene rings is 1. The zero-order valence-corrected chi connectivity index (χ0v) is 9.46. The minimum absolute atomic E-state index is 0.0405. The molecule has 0 saturated heterocycles. The summed E-state index contributed by atoms with van der Waals surface area (Å²) in [6, 6.07) is 6.34. The number of non-ortho nitro benzene ring substituents is 1. The molecule has 18 heavy (non-hydrogen) atoms. The lowest BCUT2D eigenvalue weighted by molar-refractivity contribution is -0.396. The van der Waals surface area contributed by atoms with E-state index in [2.05, 4.69) is 0 Å². The van der Waals surface area contributed by atoms with Gasteiger partial charge >= 0.3 is 0 Å². The maximum absolute atomic E-state index is 10.8. The van der Waals surface area contributed by atoms with E-state index in [1.165, 1.54) is 0 Å². The molecule has 1 aromatic rings. The molecule has 8 nitrogen and oxygen atoms in total. The molecule has 90 valence electrons. The summed E-state index contributed by atoms with van der Waals surface area (Å²) in [7, 11) is 0. The number of nitrogens with zero attached hydrogens (tertiary/aromatic N) is 4. The van der Waals surface area contributed by atoms with Gasteiger partial charge < -0.3 is 0 Å². The van der Waals surface area contributed by atoms with Gasteiger partial charge in [-0.1, -0.05) is 11.8 Å². The predicted molar refractivity (Wildman–Crippen MR) is 60.6 cm³/mol. The van der Waals surface area contributed by atoms with E-state index in [1.54, 1.807) is 12.1 Å². The first-order valence-corrected chi connectivity index (χ1v) is 5.26. The number of rotatable bonds is 4. The van der Waals surface area contributed by atoms with E-state index in [-0.39, 0.29) is 4.90 Å². The van der Waals surface area contributed by atoms with Crippen molar-refractivity contribution in [2.75, 3.05) is 0 Å². The van der Waals surface area contributed by atoms with Crippen molar-refractivity contribution in [1.29, 1.82) is 10.5 Å². The normalized spacial score (nSPS) is 9.50. The smallest absolute Gasteiger partial charge is 0.258 e. The summed E-state index contributed by atoms with van der Waals surface area (Å²) in [6.07, 6.45) is 0. The van der Waals surface area contributed by atoms with E-state index in [9.17, 15) is 20.2 Å². The topological polar surface area (TPSA) is 134 Å². The predicted octanol–water partition coefficient (Wildman–Crippen LogP) is 2.01. The van der Waals surface area contributed by atoms with Crippen LogP contribution in [0.25, 0.3) is 0 Å². The molecular formula is C9H4N4O4S. The Balaban J connectivity index is 3.21. The summed E-state index contributed by atoms with van der Waals surface area (Å²) in [5.41, 5.74) is -0.916. The molecule has 0 amide bonds. The number of nitriles is 2. The number of hydrogen-bond acceptors (Lipinski definition) is 7. The van der Waals surface area contributed by atoms with E-state index in [4.69, 9.17) is 10.5 Å². The van der Waals surface area contributed by atoms with Crippen LogP contribution in [0.5, 0.6) is 0 Å². The number of thioether (sulfide) groups is 1. The van der Waals surface area contributed by atoms with Gasteiger partial charge in [0.2, 0.25) is 0 Å². The van der Waals surface area contributed by atoms with Crippen molar-refractivity contribution in [1.82, 2.24) is 0 Å². The van der Waals surface area contributed by atoms with Crippen LogP contribution >= 0.6 is 11.8 Å². The Morgan fingerprint density at radius 2 is 1.78 bits per heavy atom. The molecule has 0 radical (unpaired) electrons. The third-order valence-electron chi connectivity index (χ3n) is 1.83. The van der Waals surface area contributed by atoms with Crippen molar-refractivity contribution in [3.05, 3.63) is 38.4 Å². The second-order valence-electron chi connectivity index (χ2n) is 2.92. The van der Waals surface area contributed by atoms with Crippen molar-refractivity contribution in [2.24, 2.45) is 0 Å². The molecular weight excluding hydrogens is 260 g/mol. The molecule has 1 aromatic carbocycles. The molecule has 0 atom stereocenters. The van der Waals surface area contributed by atoms with E-state index < -0.39 is 26.5 Å². The molecule has 0 unspecified atom stereocenters. The molecule has 0 aromatic heterocycles. The van der Waals surface area contributed by atoms with E-state index in [0.717, 1.165) is 18.2 Å². The van der Waals surface area contributed by atoms with Gasteiger partial charge in [0.25, 0.3) is 11.4 Å². The third kappa shape index (κ3) is 2.93. The fraction of sp³-hybridized carbons (Fsp3) is 0.111. The second-order valence-corrected chi connectivity index (χ2v) is 4.07. The molecule has 0 spiro atoms. The molecule has 0 aliphatic carbocycles. The largest absolute Gasteiger partial charge is 0.289 e. The summed E-state index contributed by atoms with van der Waals surface area (Å²) in [6.45, 7) is 0. The first-order chi connectivity index (χ1) is 8.49. The van der Waals surface area contributed by atoms with Crippen molar-refractivity contribution in [3.63, 3.8) is 0 Å². The van der Waals surface area contributed by atoms with Crippen LogP contribution in [0.4, 0.5) is 11.4 Å². The highest BCUT2D eigenvalue weighted by molar-refractivity contribution is 8.00. The maximum Gasteiger partial charge on any atom is 0.289 e. The van der Waals surface area contributed by atoms with Crippen LogP contribution in [0.1, 0.15) is 0 Å². The highest BCUT2D eigenvalue weighted by Crippen LogP contribution is 2.34. The van der Waals surface area contributed by atoms with Gasteiger partial charge in [-0.25, -0.2) is 0 Å². The van der Waals surface area contributed by atoms with E-state index in [1.807, 2.05) is 0 Å². The average Bonchev–Trinajstić information content (AvgIpc) is 2.35. The Kier molecular flexibility index (Phi) is 4.18. The van der Waals surface area contributed by atoms with E-state index in [0.29, 0.717) is 11.8 Å². The Bertz CT molecular complexity index is 575. The molecule has 0 aliphatic rings. The van der Waals surface area contributed by atoms with Crippen LogP contribution in [-0.4, -0.2) is 15.1 Å². The van der Waals surface area contributed by atoms with Gasteiger partial charge in [0.1, 0.15) is 0 Å². The Labute approximate surface area is 105 Å². The first-order valence-electron chi connectivity index (χ1n) is 4.38. The summed E-state index contributed by atoms with van der Waals surface area (Å²) in [5.74, 6) is 0. The van der Waals surface area contributed by atoms with Crippen LogP contribution in [0, 0.1) is 42.9 Å². The zero-order valence-electron chi connectivity index (χ0n) is 8.64. The van der Waals surface area contributed by atoms with Crippen LogP contribution < -0.4 is 0 Å². The number of hydrogen-bond donors (Lipinski definition) is 0. The van der Waals surface area contributed by atoms with Crippen LogP contribution in [0.3, 0.4) is 0 Å². The quantitative estimate of drug-likeness (QED) is 0.461. The molecule has 1 rings (SSSR count). The van der Waals surface area contributed by atoms with Crippen molar-refractivity contribution < 1.29 is 9.85 Å². The van der Waals surface area contributed by atoms with Gasteiger partial charge in [-0.2, -0.15) is 10.5 Å². The maximum atomic E-state index is 10.8. The van der Waals surface area contributed by atoms with Crippen molar-refractivity contribution in [2.45, 2.75) is 10.1 Å². The third-order valence-corrected chi connectivity index (χ3v) is 2.88. The highest BCUT2D eigenvalue weighted by Gasteiger charge is 2.22.